The predicted octanol–water partition coefficient (Wildman–Crippen LogP) is 3.24. The Morgan fingerprint density at radius 1 is 1.20 bits per heavy atom. The van der Waals surface area contributed by atoms with Crippen LogP contribution in [-0.2, 0) is 33.3 Å². The van der Waals surface area contributed by atoms with Crippen LogP contribution in [0.4, 0.5) is 0 Å². The Morgan fingerprint density at radius 3 is 2.59 bits per heavy atom. The summed E-state index contributed by atoms with van der Waals surface area (Å²) in [5.41, 5.74) is 0.620. The van der Waals surface area contributed by atoms with E-state index >= 15 is 0 Å². The number of ether oxygens (including phenoxy) is 4. The van der Waals surface area contributed by atoms with E-state index in [4.69, 9.17) is 18.9 Å². The quantitative estimate of drug-likeness (QED) is 0.139. The summed E-state index contributed by atoms with van der Waals surface area (Å²) in [4.78, 5) is 35.6. The lowest BCUT2D eigenvalue weighted by Crippen LogP contribution is -2.50. The van der Waals surface area contributed by atoms with Crippen LogP contribution in [0.25, 0.3) is 0 Å². The zero-order valence-corrected chi connectivity index (χ0v) is 25.3. The second kappa shape index (κ2) is 14.6. The van der Waals surface area contributed by atoms with Gasteiger partial charge in [-0.15, -0.1) is 0 Å². The molecule has 41 heavy (non-hydrogen) atoms. The van der Waals surface area contributed by atoms with Crippen molar-refractivity contribution in [1.29, 1.82) is 0 Å². The highest BCUT2D eigenvalue weighted by Gasteiger charge is 2.57. The summed E-state index contributed by atoms with van der Waals surface area (Å²) < 4.78 is 22.9. The monoisotopic (exact) mass is 576 g/mol. The molecule has 3 N–H and O–H groups in total. The first kappa shape index (κ1) is 33.0. The van der Waals surface area contributed by atoms with Gasteiger partial charge >= 0.3 is 5.97 Å². The molecule has 3 fully saturated rings. The Morgan fingerprint density at radius 2 is 1.93 bits per heavy atom. The molecule has 0 saturated carbocycles. The van der Waals surface area contributed by atoms with Crippen LogP contribution in [0.2, 0.25) is 0 Å². The first-order valence-electron chi connectivity index (χ1n) is 14.8. The van der Waals surface area contributed by atoms with E-state index in [-0.39, 0.29) is 48.5 Å². The Bertz CT molecular complexity index is 1020. The Kier molecular flexibility index (Phi) is 11.7. The van der Waals surface area contributed by atoms with Gasteiger partial charge in [0.2, 0.25) is 11.8 Å². The molecule has 3 heterocycles. The molecule has 0 aliphatic carbocycles. The lowest BCUT2D eigenvalue weighted by Gasteiger charge is -2.39. The van der Waals surface area contributed by atoms with Crippen LogP contribution in [0, 0.1) is 5.92 Å². The van der Waals surface area contributed by atoms with E-state index in [0.717, 1.165) is 24.8 Å². The van der Waals surface area contributed by atoms with Crippen molar-refractivity contribution >= 4 is 17.8 Å². The molecule has 3 aliphatic rings. The van der Waals surface area contributed by atoms with Crippen molar-refractivity contribution < 1.29 is 38.4 Å². The van der Waals surface area contributed by atoms with E-state index in [1.807, 2.05) is 32.9 Å². The molecule has 1 spiro atoms. The maximum atomic E-state index is 12.4. The number of esters is 1. The van der Waals surface area contributed by atoms with Gasteiger partial charge in [0.1, 0.15) is 6.10 Å². The number of allylic oxidation sites excluding steroid dienone is 2. The lowest BCUT2D eigenvalue weighted by molar-refractivity contribution is -0.256. The summed E-state index contributed by atoms with van der Waals surface area (Å²) in [6, 6.07) is -0.115. The highest BCUT2D eigenvalue weighted by molar-refractivity contribution is 5.87. The van der Waals surface area contributed by atoms with Crippen molar-refractivity contribution in [1.82, 2.24) is 10.6 Å². The first-order valence-corrected chi connectivity index (χ1v) is 14.8. The summed E-state index contributed by atoms with van der Waals surface area (Å²) in [6.45, 7) is 12.2. The summed E-state index contributed by atoms with van der Waals surface area (Å²) in [7, 11) is 0. The summed E-state index contributed by atoms with van der Waals surface area (Å²) >= 11 is 0. The average Bonchev–Trinajstić information content (AvgIpc) is 3.62. The van der Waals surface area contributed by atoms with Gasteiger partial charge in [0, 0.05) is 32.4 Å². The van der Waals surface area contributed by atoms with Crippen molar-refractivity contribution in [2.75, 3.05) is 13.2 Å². The van der Waals surface area contributed by atoms with Gasteiger partial charge in [0.25, 0.3) is 0 Å². The van der Waals surface area contributed by atoms with E-state index in [9.17, 15) is 19.5 Å². The summed E-state index contributed by atoms with van der Waals surface area (Å²) in [5, 5.41) is 16.9. The van der Waals surface area contributed by atoms with Gasteiger partial charge in [-0.05, 0) is 52.0 Å². The average molecular weight is 577 g/mol. The van der Waals surface area contributed by atoms with Crippen LogP contribution in [0.15, 0.2) is 36.0 Å². The van der Waals surface area contributed by atoms with E-state index in [1.165, 1.54) is 13.0 Å². The molecule has 2 unspecified atom stereocenters. The van der Waals surface area contributed by atoms with E-state index in [2.05, 4.69) is 23.6 Å². The SMILES string of the molecule is CCCNC(=O)CC1(O)C[C@@]2(CO2)C[C@@H](C=CC(C)=CC[C@@H]2O[C@H](C)[C@H](NC(=O)C=CC(C)OC(C)=O)C[C@@H]2C)O1. The fraction of sp³-hybridized carbons (Fsp3) is 0.710. The number of carbonyl (C=O) groups is 3. The van der Waals surface area contributed by atoms with Crippen molar-refractivity contribution in [3.05, 3.63) is 36.0 Å². The smallest absolute Gasteiger partial charge is 0.303 e. The number of nitrogens with one attached hydrogen (secondary N) is 2. The molecule has 0 radical (unpaired) electrons. The third-order valence-corrected chi connectivity index (χ3v) is 7.76. The Balaban J connectivity index is 1.49. The molecule has 0 aromatic carbocycles. The maximum Gasteiger partial charge on any atom is 0.303 e. The maximum absolute atomic E-state index is 12.4. The lowest BCUT2D eigenvalue weighted by atomic mass is 9.87. The molecule has 0 bridgehead atoms. The molecular weight excluding hydrogens is 528 g/mol. The Labute approximate surface area is 243 Å². The molecule has 0 aromatic heterocycles. The van der Waals surface area contributed by atoms with Crippen LogP contribution >= 0.6 is 0 Å². The molecule has 8 atom stereocenters. The highest BCUT2D eigenvalue weighted by atomic mass is 16.7. The zero-order chi connectivity index (χ0) is 30.2. The van der Waals surface area contributed by atoms with Crippen LogP contribution in [0.5, 0.6) is 0 Å². The highest BCUT2D eigenvalue weighted by Crippen LogP contribution is 2.46. The van der Waals surface area contributed by atoms with Crippen LogP contribution in [-0.4, -0.2) is 77.9 Å². The second-order valence-corrected chi connectivity index (χ2v) is 11.9. The second-order valence-electron chi connectivity index (χ2n) is 11.9. The zero-order valence-electron chi connectivity index (χ0n) is 25.3. The molecule has 2 amide bonds. The van der Waals surface area contributed by atoms with Gasteiger partial charge in [0.05, 0.1) is 43.0 Å². The largest absolute Gasteiger partial charge is 0.459 e. The van der Waals surface area contributed by atoms with Gasteiger partial charge in [-0.2, -0.15) is 0 Å². The Hall–Kier alpha value is -2.53. The molecule has 230 valence electrons. The number of epoxide rings is 1. The van der Waals surface area contributed by atoms with E-state index < -0.39 is 23.5 Å². The molecule has 10 heteroatoms. The topological polar surface area (TPSA) is 136 Å². The normalized spacial score (nSPS) is 34.5. The van der Waals surface area contributed by atoms with Crippen LogP contribution in [0.3, 0.4) is 0 Å². The number of aliphatic hydroxyl groups is 1. The predicted molar refractivity (Wildman–Crippen MR) is 154 cm³/mol. The minimum atomic E-state index is -1.55. The molecular formula is C31H48N2O8. The van der Waals surface area contributed by atoms with Crippen LogP contribution in [0.1, 0.15) is 80.1 Å². The molecule has 0 aromatic rings. The van der Waals surface area contributed by atoms with Gasteiger partial charge in [0.15, 0.2) is 5.79 Å². The third-order valence-electron chi connectivity index (χ3n) is 7.76. The van der Waals surface area contributed by atoms with Gasteiger partial charge in [-0.1, -0.05) is 37.6 Å². The fourth-order valence-electron chi connectivity index (χ4n) is 5.52. The molecule has 3 saturated heterocycles. The molecule has 10 nitrogen and oxygen atoms in total. The fourth-order valence-corrected chi connectivity index (χ4v) is 5.52. The number of carbonyl (C=O) groups excluding carboxylic acids is 3. The number of hydrogen-bond acceptors (Lipinski definition) is 8. The van der Waals surface area contributed by atoms with Crippen molar-refractivity contribution in [3.63, 3.8) is 0 Å². The summed E-state index contributed by atoms with van der Waals surface area (Å²) in [5.74, 6) is -2.18. The van der Waals surface area contributed by atoms with Crippen molar-refractivity contribution in [2.45, 2.75) is 122 Å². The standard InChI is InChI=1S/C31H48N2O8/c1-7-14-32-29(36)17-31(37)18-30(19-38-30)16-25(41-31)11-8-20(2)9-12-27-21(3)15-26(23(5)40-27)33-28(35)13-10-22(4)39-24(6)34/h8-11,13,21-23,25-27,37H,7,12,14-19H2,1-6H3,(H,32,36)(H,33,35)/t21-,22?,23+,25+,26+,27-,30+,31?/m0/s1. The number of hydrogen-bond donors (Lipinski definition) is 3. The minimum Gasteiger partial charge on any atom is -0.459 e. The number of rotatable bonds is 12. The number of amides is 2. The minimum absolute atomic E-state index is 0.0156. The van der Waals surface area contributed by atoms with E-state index in [0.29, 0.717) is 26.0 Å². The van der Waals surface area contributed by atoms with Crippen LogP contribution < -0.4 is 10.6 Å². The van der Waals surface area contributed by atoms with Gasteiger partial charge in [-0.25, -0.2) is 0 Å². The molecule has 3 rings (SSSR count). The van der Waals surface area contributed by atoms with Crippen molar-refractivity contribution in [3.8, 4) is 0 Å². The van der Waals surface area contributed by atoms with Gasteiger partial charge in [-0.3, -0.25) is 14.4 Å². The van der Waals surface area contributed by atoms with Gasteiger partial charge < -0.3 is 34.7 Å². The third kappa shape index (κ3) is 10.7. The molecule has 3 aliphatic heterocycles. The van der Waals surface area contributed by atoms with Crippen molar-refractivity contribution in [2.24, 2.45) is 5.92 Å². The first-order chi connectivity index (χ1) is 19.3. The van der Waals surface area contributed by atoms with E-state index in [1.54, 1.807) is 13.0 Å². The summed E-state index contributed by atoms with van der Waals surface area (Å²) in [6.07, 6.45) is 11.2.